The Morgan fingerprint density at radius 3 is 2.34 bits per heavy atom. The van der Waals surface area contributed by atoms with Gasteiger partial charge in [-0.25, -0.2) is 8.42 Å². The van der Waals surface area contributed by atoms with Gasteiger partial charge in [0, 0.05) is 16.9 Å². The second-order valence-corrected chi connectivity index (χ2v) is 8.32. The summed E-state index contributed by atoms with van der Waals surface area (Å²) in [5.74, 6) is 0.248. The van der Waals surface area contributed by atoms with E-state index in [-0.39, 0.29) is 10.8 Å². The Hall–Kier alpha value is -3.32. The molecule has 0 saturated heterocycles. The van der Waals surface area contributed by atoms with Gasteiger partial charge in [-0.05, 0) is 73.5 Å². The first kappa shape index (κ1) is 20.4. The van der Waals surface area contributed by atoms with E-state index in [9.17, 15) is 13.2 Å². The zero-order valence-electron chi connectivity index (χ0n) is 16.4. The molecule has 0 aliphatic carbocycles. The highest BCUT2D eigenvalue weighted by Crippen LogP contribution is 2.21. The highest BCUT2D eigenvalue weighted by Gasteiger charge is 2.15. The lowest BCUT2D eigenvalue weighted by atomic mass is 10.1. The third kappa shape index (κ3) is 4.94. The van der Waals surface area contributed by atoms with E-state index in [1.54, 1.807) is 30.3 Å². The van der Waals surface area contributed by atoms with Crippen molar-refractivity contribution in [2.45, 2.75) is 18.7 Å². The monoisotopic (exact) mass is 410 g/mol. The molecule has 2 N–H and O–H groups in total. The van der Waals surface area contributed by atoms with Crippen molar-refractivity contribution < 1.29 is 17.9 Å². The van der Waals surface area contributed by atoms with Crippen LogP contribution in [0.25, 0.3) is 0 Å². The van der Waals surface area contributed by atoms with Crippen LogP contribution >= 0.6 is 0 Å². The summed E-state index contributed by atoms with van der Waals surface area (Å²) in [5.41, 5.74) is 3.35. The lowest BCUT2D eigenvalue weighted by Gasteiger charge is -2.12. The number of hydrogen-bond donors (Lipinski definition) is 2. The maximum atomic E-state index is 12.6. The van der Waals surface area contributed by atoms with Crippen molar-refractivity contribution >= 4 is 27.3 Å². The van der Waals surface area contributed by atoms with Crippen LogP contribution in [0.15, 0.2) is 71.6 Å². The van der Waals surface area contributed by atoms with E-state index in [2.05, 4.69) is 10.0 Å². The number of nitrogens with one attached hydrogen (secondary N) is 2. The molecule has 0 fully saturated rings. The Kier molecular flexibility index (Phi) is 5.89. The molecule has 3 rings (SSSR count). The SMILES string of the molecule is COc1ccc(S(=O)(=O)Nc2cccc(C(=O)Nc3cc(C)ccc3C)c2)cc1. The van der Waals surface area contributed by atoms with E-state index in [4.69, 9.17) is 4.74 Å². The van der Waals surface area contributed by atoms with Gasteiger partial charge in [0.05, 0.1) is 12.0 Å². The summed E-state index contributed by atoms with van der Waals surface area (Å²) in [5, 5.41) is 2.87. The molecular formula is C22H22N2O4S. The van der Waals surface area contributed by atoms with E-state index in [1.807, 2.05) is 32.0 Å². The van der Waals surface area contributed by atoms with Crippen molar-refractivity contribution in [3.05, 3.63) is 83.4 Å². The Bertz CT molecular complexity index is 1140. The normalized spacial score (nSPS) is 11.0. The van der Waals surface area contributed by atoms with Crippen LogP contribution in [-0.2, 0) is 10.0 Å². The number of carbonyl (C=O) groups excluding carboxylic acids is 1. The fourth-order valence-electron chi connectivity index (χ4n) is 2.76. The fourth-order valence-corrected chi connectivity index (χ4v) is 3.81. The first-order valence-electron chi connectivity index (χ1n) is 8.94. The van der Waals surface area contributed by atoms with Gasteiger partial charge in [-0.2, -0.15) is 0 Å². The van der Waals surface area contributed by atoms with Crippen LogP contribution in [0.3, 0.4) is 0 Å². The van der Waals surface area contributed by atoms with Gasteiger partial charge in [0.1, 0.15) is 5.75 Å². The summed E-state index contributed by atoms with van der Waals surface area (Å²) in [4.78, 5) is 12.7. The molecule has 0 heterocycles. The quantitative estimate of drug-likeness (QED) is 0.632. The number of amides is 1. The highest BCUT2D eigenvalue weighted by molar-refractivity contribution is 7.92. The third-order valence-corrected chi connectivity index (χ3v) is 5.79. The third-order valence-electron chi connectivity index (χ3n) is 4.39. The number of rotatable bonds is 6. The number of methoxy groups -OCH3 is 1. The number of hydrogen-bond acceptors (Lipinski definition) is 4. The molecule has 7 heteroatoms. The number of carbonyl (C=O) groups is 1. The molecule has 0 saturated carbocycles. The topological polar surface area (TPSA) is 84.5 Å². The number of ether oxygens (including phenoxy) is 1. The minimum Gasteiger partial charge on any atom is -0.497 e. The molecule has 0 aliphatic rings. The Labute approximate surface area is 170 Å². The Morgan fingerprint density at radius 1 is 0.931 bits per heavy atom. The van der Waals surface area contributed by atoms with Crippen LogP contribution in [0.4, 0.5) is 11.4 Å². The van der Waals surface area contributed by atoms with Gasteiger partial charge in [0.25, 0.3) is 15.9 Å². The van der Waals surface area contributed by atoms with Crippen LogP contribution < -0.4 is 14.8 Å². The number of aryl methyl sites for hydroxylation is 2. The molecule has 1 amide bonds. The van der Waals surface area contributed by atoms with E-state index < -0.39 is 10.0 Å². The van der Waals surface area contributed by atoms with Crippen molar-refractivity contribution in [2.24, 2.45) is 0 Å². The fraction of sp³-hybridized carbons (Fsp3) is 0.136. The first-order chi connectivity index (χ1) is 13.8. The van der Waals surface area contributed by atoms with E-state index >= 15 is 0 Å². The zero-order valence-corrected chi connectivity index (χ0v) is 17.2. The summed E-state index contributed by atoms with van der Waals surface area (Å²) < 4.78 is 32.8. The largest absolute Gasteiger partial charge is 0.497 e. The van der Waals surface area contributed by atoms with Crippen LogP contribution in [0, 0.1) is 13.8 Å². The van der Waals surface area contributed by atoms with Crippen molar-refractivity contribution in [3.8, 4) is 5.75 Å². The Morgan fingerprint density at radius 2 is 1.66 bits per heavy atom. The summed E-state index contributed by atoms with van der Waals surface area (Å²) in [6, 6.07) is 18.2. The molecule has 0 atom stereocenters. The van der Waals surface area contributed by atoms with Gasteiger partial charge in [-0.3, -0.25) is 9.52 Å². The molecule has 0 unspecified atom stereocenters. The Balaban J connectivity index is 1.79. The number of benzene rings is 3. The lowest BCUT2D eigenvalue weighted by Crippen LogP contribution is -2.15. The summed E-state index contributed by atoms with van der Waals surface area (Å²) in [6.45, 7) is 3.86. The van der Waals surface area contributed by atoms with Gasteiger partial charge >= 0.3 is 0 Å². The molecule has 0 radical (unpaired) electrons. The lowest BCUT2D eigenvalue weighted by molar-refractivity contribution is 0.102. The second-order valence-electron chi connectivity index (χ2n) is 6.63. The van der Waals surface area contributed by atoms with Crippen molar-refractivity contribution in [1.29, 1.82) is 0 Å². The molecule has 0 aliphatic heterocycles. The van der Waals surface area contributed by atoms with Crippen molar-refractivity contribution in [2.75, 3.05) is 17.1 Å². The smallest absolute Gasteiger partial charge is 0.261 e. The van der Waals surface area contributed by atoms with Gasteiger partial charge in [-0.1, -0.05) is 18.2 Å². The molecule has 3 aromatic carbocycles. The molecular weight excluding hydrogens is 388 g/mol. The van der Waals surface area contributed by atoms with E-state index in [0.717, 1.165) is 16.8 Å². The van der Waals surface area contributed by atoms with Gasteiger partial charge in [0.15, 0.2) is 0 Å². The summed E-state index contributed by atoms with van der Waals surface area (Å²) in [6.07, 6.45) is 0. The molecule has 0 bridgehead atoms. The van der Waals surface area contributed by atoms with E-state index in [1.165, 1.54) is 25.3 Å². The molecule has 29 heavy (non-hydrogen) atoms. The summed E-state index contributed by atoms with van der Waals surface area (Å²) in [7, 11) is -2.28. The molecule has 3 aromatic rings. The number of sulfonamides is 1. The molecule has 150 valence electrons. The standard InChI is InChI=1S/C22H22N2O4S/c1-15-7-8-16(2)21(13-15)23-22(25)17-5-4-6-18(14-17)24-29(26,27)20-11-9-19(28-3)10-12-20/h4-14,24H,1-3H3,(H,23,25). The van der Waals surface area contributed by atoms with Crippen molar-refractivity contribution in [3.63, 3.8) is 0 Å². The summed E-state index contributed by atoms with van der Waals surface area (Å²) >= 11 is 0. The van der Waals surface area contributed by atoms with Crippen LogP contribution in [0.1, 0.15) is 21.5 Å². The van der Waals surface area contributed by atoms with Gasteiger partial charge < -0.3 is 10.1 Å². The molecule has 0 spiro atoms. The maximum Gasteiger partial charge on any atom is 0.261 e. The van der Waals surface area contributed by atoms with Crippen LogP contribution in [0.5, 0.6) is 5.75 Å². The number of anilines is 2. The minimum absolute atomic E-state index is 0.101. The zero-order chi connectivity index (χ0) is 21.0. The molecule has 0 aromatic heterocycles. The highest BCUT2D eigenvalue weighted by atomic mass is 32.2. The molecule has 6 nitrogen and oxygen atoms in total. The van der Waals surface area contributed by atoms with Crippen molar-refractivity contribution in [1.82, 2.24) is 0 Å². The minimum atomic E-state index is -3.79. The van der Waals surface area contributed by atoms with E-state index in [0.29, 0.717) is 17.0 Å². The van der Waals surface area contributed by atoms with Gasteiger partial charge in [0.2, 0.25) is 0 Å². The predicted molar refractivity (Wildman–Crippen MR) is 114 cm³/mol. The van der Waals surface area contributed by atoms with Gasteiger partial charge in [-0.15, -0.1) is 0 Å². The second kappa shape index (κ2) is 8.36. The maximum absolute atomic E-state index is 12.6. The van der Waals surface area contributed by atoms with Crippen LogP contribution in [-0.4, -0.2) is 21.4 Å². The first-order valence-corrected chi connectivity index (χ1v) is 10.4. The average Bonchev–Trinajstić information content (AvgIpc) is 2.70. The predicted octanol–water partition coefficient (Wildman–Crippen LogP) is 4.37. The van der Waals surface area contributed by atoms with Crippen LogP contribution in [0.2, 0.25) is 0 Å². The average molecular weight is 410 g/mol.